The smallest absolute Gasteiger partial charge is 0.439 e. The second-order valence-electron chi connectivity index (χ2n) is 7.05. The molecule has 15 heteroatoms. The lowest BCUT2D eigenvalue weighted by Crippen LogP contribution is -2.14. The van der Waals surface area contributed by atoms with E-state index >= 15 is 0 Å². The number of hydrogen-bond acceptors (Lipinski definition) is 10. The number of benzene rings is 1. The Bertz CT molecular complexity index is 1500. The number of aromatic amines is 2. The van der Waals surface area contributed by atoms with Crippen LogP contribution in [0, 0.1) is 0 Å². The van der Waals surface area contributed by atoms with Crippen molar-refractivity contribution in [1.82, 2.24) is 34.6 Å². The molecule has 0 bridgehead atoms. The first-order valence-electron chi connectivity index (χ1n) is 9.67. The number of esters is 1. The maximum Gasteiger partial charge on any atom is 0.439 e. The molecule has 14 nitrogen and oxygen atoms in total. The zero-order valence-corrected chi connectivity index (χ0v) is 18.1. The molecule has 1 aliphatic carbocycles. The van der Waals surface area contributed by atoms with E-state index in [-0.39, 0.29) is 17.5 Å². The van der Waals surface area contributed by atoms with E-state index in [4.69, 9.17) is 16.9 Å². The molecule has 1 aliphatic rings. The summed E-state index contributed by atoms with van der Waals surface area (Å²) in [5.41, 5.74) is 1.95. The third kappa shape index (κ3) is 4.44. The minimum Gasteiger partial charge on any atom is -0.477 e. The topological polar surface area (TPSA) is 198 Å². The first-order valence-corrected chi connectivity index (χ1v) is 10.0. The Balaban J connectivity index is 0.000000161. The summed E-state index contributed by atoms with van der Waals surface area (Å²) in [5.74, 6) is -2.45. The normalized spacial score (nSPS) is 14.4. The Morgan fingerprint density at radius 1 is 1.29 bits per heavy atom. The summed E-state index contributed by atoms with van der Waals surface area (Å²) in [6.45, 7) is 0. The number of H-pyrrole nitrogens is 2. The minimum atomic E-state index is -1.34. The van der Waals surface area contributed by atoms with Gasteiger partial charge in [-0.05, 0) is 41.8 Å². The number of carbonyl (C=O) groups excluding carboxylic acids is 1. The van der Waals surface area contributed by atoms with Gasteiger partial charge in [-0.25, -0.2) is 38.6 Å². The zero-order valence-electron chi connectivity index (χ0n) is 17.4. The first kappa shape index (κ1) is 22.9. The third-order valence-corrected chi connectivity index (χ3v) is 5.29. The highest BCUT2D eigenvalue weighted by Gasteiger charge is 2.22. The van der Waals surface area contributed by atoms with Crippen LogP contribution in [0.15, 0.2) is 38.4 Å². The molecule has 176 valence electrons. The summed E-state index contributed by atoms with van der Waals surface area (Å²) in [6.07, 6.45) is 1.95. The van der Waals surface area contributed by atoms with Gasteiger partial charge in [0, 0.05) is 17.7 Å². The number of carboxylic acid groups (broad SMARTS) is 1. The van der Waals surface area contributed by atoms with Crippen LogP contribution in [-0.4, -0.2) is 53.9 Å². The number of carbonyl (C=O) groups is 2. The molecule has 3 aromatic heterocycles. The summed E-state index contributed by atoms with van der Waals surface area (Å²) < 4.78 is 9.90. The van der Waals surface area contributed by atoms with E-state index in [1.807, 2.05) is 18.2 Å². The SMILES string of the molecule is COC(=O)c1cc(C(=O)O)nc2nc(=O)[nH]n12.O=c1[nH]c(-c2ccc3c(c2)CC[C@@H]3NCl)no1. The van der Waals surface area contributed by atoms with Gasteiger partial charge in [-0.15, -0.1) is 0 Å². The van der Waals surface area contributed by atoms with Gasteiger partial charge in [0.15, 0.2) is 17.2 Å². The Hall–Kier alpha value is -4.30. The molecule has 3 heterocycles. The lowest BCUT2D eigenvalue weighted by Gasteiger charge is -2.08. The number of aromatic carboxylic acids is 1. The average molecular weight is 490 g/mol. The first-order chi connectivity index (χ1) is 16.3. The molecule has 0 aliphatic heterocycles. The van der Waals surface area contributed by atoms with E-state index in [1.165, 1.54) is 11.1 Å². The summed E-state index contributed by atoms with van der Waals surface area (Å²) in [6, 6.07) is 7.11. The van der Waals surface area contributed by atoms with Crippen molar-refractivity contribution in [1.29, 1.82) is 0 Å². The van der Waals surface area contributed by atoms with Crippen LogP contribution in [0.3, 0.4) is 0 Å². The van der Waals surface area contributed by atoms with Crippen molar-refractivity contribution in [2.75, 3.05) is 7.11 Å². The summed E-state index contributed by atoms with van der Waals surface area (Å²) in [7, 11) is 1.13. The van der Waals surface area contributed by atoms with E-state index in [0.29, 0.717) is 5.82 Å². The molecular weight excluding hydrogens is 474 g/mol. The largest absolute Gasteiger partial charge is 0.477 e. The molecule has 4 aromatic rings. The number of ether oxygens (including phenoxy) is 1. The molecule has 0 unspecified atom stereocenters. The van der Waals surface area contributed by atoms with Gasteiger partial charge in [-0.3, -0.25) is 9.51 Å². The molecule has 1 atom stereocenters. The van der Waals surface area contributed by atoms with Crippen molar-refractivity contribution in [3.8, 4) is 11.4 Å². The van der Waals surface area contributed by atoms with E-state index in [2.05, 4.69) is 39.3 Å². The fraction of sp³-hybridized carbons (Fsp3) is 0.211. The van der Waals surface area contributed by atoms with Crippen molar-refractivity contribution < 1.29 is 24.0 Å². The number of fused-ring (bicyclic) bond motifs is 2. The standard InChI is InChI=1S/C11H10ClN3O2.C8H6N4O5/c12-14-9-4-2-6-5-7(1-3-8(6)9)10-13-11(16)17-15-10;1-17-6(15)4-2-3(5(13)14)9-7-10-8(16)11-12(4)7/h1,3,5,9,14H,2,4H2,(H,13,15,16);2H,1H3,(H,11,16)(H,13,14)/t9-;/m0./s1. The summed E-state index contributed by atoms with van der Waals surface area (Å²) in [5, 5.41) is 14.7. The second kappa shape index (κ2) is 9.29. The van der Waals surface area contributed by atoms with E-state index in [1.54, 1.807) is 0 Å². The van der Waals surface area contributed by atoms with E-state index < -0.39 is 29.1 Å². The van der Waals surface area contributed by atoms with Gasteiger partial charge in [0.25, 0.3) is 5.78 Å². The third-order valence-electron chi connectivity index (χ3n) is 5.02. The van der Waals surface area contributed by atoms with Crippen LogP contribution >= 0.6 is 11.8 Å². The Morgan fingerprint density at radius 3 is 2.74 bits per heavy atom. The summed E-state index contributed by atoms with van der Waals surface area (Å²) >= 11 is 5.67. The van der Waals surface area contributed by atoms with Crippen LogP contribution in [0.2, 0.25) is 0 Å². The monoisotopic (exact) mass is 489 g/mol. The van der Waals surface area contributed by atoms with Gasteiger partial charge >= 0.3 is 23.4 Å². The van der Waals surface area contributed by atoms with Gasteiger partial charge in [-0.1, -0.05) is 17.3 Å². The number of carboxylic acids is 1. The van der Waals surface area contributed by atoms with Crippen molar-refractivity contribution in [3.05, 3.63) is 67.8 Å². The van der Waals surface area contributed by atoms with E-state index in [9.17, 15) is 19.2 Å². The number of aromatic nitrogens is 6. The maximum atomic E-state index is 11.4. The average Bonchev–Trinajstić information content (AvgIpc) is 3.54. The van der Waals surface area contributed by atoms with Crippen molar-refractivity contribution in [2.45, 2.75) is 18.9 Å². The van der Waals surface area contributed by atoms with E-state index in [0.717, 1.165) is 36.1 Å². The molecule has 0 amide bonds. The molecule has 0 radical (unpaired) electrons. The van der Waals surface area contributed by atoms with Gasteiger partial charge in [0.05, 0.1) is 7.11 Å². The van der Waals surface area contributed by atoms with Gasteiger partial charge < -0.3 is 9.84 Å². The molecular formula is C19H16ClN7O7. The molecule has 0 fully saturated rings. The van der Waals surface area contributed by atoms with Crippen LogP contribution in [-0.2, 0) is 11.2 Å². The molecule has 0 saturated carbocycles. The number of nitrogens with zero attached hydrogens (tertiary/aromatic N) is 4. The van der Waals surface area contributed by atoms with Crippen LogP contribution in [0.5, 0.6) is 0 Å². The fourth-order valence-electron chi connectivity index (χ4n) is 3.49. The Labute approximate surface area is 193 Å². The Kier molecular flexibility index (Phi) is 6.25. The minimum absolute atomic E-state index is 0.176. The molecule has 0 saturated heterocycles. The number of aryl methyl sites for hydroxylation is 1. The molecule has 4 N–H and O–H groups in total. The Morgan fingerprint density at radius 2 is 2.09 bits per heavy atom. The van der Waals surface area contributed by atoms with Crippen LogP contribution < -0.4 is 16.3 Å². The highest BCUT2D eigenvalue weighted by atomic mass is 35.5. The second-order valence-corrected chi connectivity index (χ2v) is 7.26. The quantitative estimate of drug-likeness (QED) is 0.232. The lowest BCUT2D eigenvalue weighted by molar-refractivity contribution is 0.0590. The van der Waals surface area contributed by atoms with Crippen molar-refractivity contribution in [3.63, 3.8) is 0 Å². The predicted octanol–water partition coefficient (Wildman–Crippen LogP) is 0.663. The molecule has 1 aromatic carbocycles. The van der Waals surface area contributed by atoms with Gasteiger partial charge in [0.2, 0.25) is 0 Å². The van der Waals surface area contributed by atoms with Gasteiger partial charge in [-0.2, -0.15) is 4.98 Å². The number of hydrogen-bond donors (Lipinski definition) is 4. The van der Waals surface area contributed by atoms with Crippen molar-refractivity contribution in [2.24, 2.45) is 0 Å². The van der Waals surface area contributed by atoms with Crippen molar-refractivity contribution >= 4 is 29.5 Å². The summed E-state index contributed by atoms with van der Waals surface area (Å²) in [4.78, 5) is 56.3. The number of nitrogens with one attached hydrogen (secondary N) is 3. The van der Waals surface area contributed by atoms with Crippen LogP contribution in [0.25, 0.3) is 17.2 Å². The molecule has 0 spiro atoms. The maximum absolute atomic E-state index is 11.4. The number of methoxy groups -OCH3 is 1. The fourth-order valence-corrected chi connectivity index (χ4v) is 3.71. The molecule has 5 rings (SSSR count). The highest BCUT2D eigenvalue weighted by molar-refractivity contribution is 6.13. The highest BCUT2D eigenvalue weighted by Crippen LogP contribution is 2.33. The van der Waals surface area contributed by atoms with Crippen LogP contribution in [0.1, 0.15) is 44.6 Å². The molecule has 34 heavy (non-hydrogen) atoms. The zero-order chi connectivity index (χ0) is 24.4. The van der Waals surface area contributed by atoms with Crippen LogP contribution in [0.4, 0.5) is 0 Å². The number of rotatable bonds is 4. The number of halogens is 1. The van der Waals surface area contributed by atoms with Gasteiger partial charge in [0.1, 0.15) is 0 Å². The predicted molar refractivity (Wildman–Crippen MR) is 115 cm³/mol. The lowest BCUT2D eigenvalue weighted by atomic mass is 10.0.